The molecule has 0 fully saturated rings. The quantitative estimate of drug-likeness (QED) is 0.819. The number of nitrogens with two attached hydrogens (primary N) is 1. The molecule has 0 aliphatic rings. The standard InChI is InChI=1S/C13H22N2/c1-11-6-5-7-12(8-11)15(4)10-13(2,3)9-14/h5-8H,9-10,14H2,1-4H3. The Morgan fingerprint density at radius 3 is 2.53 bits per heavy atom. The molecule has 2 N–H and O–H groups in total. The van der Waals surface area contributed by atoms with Crippen LogP contribution in [0.15, 0.2) is 24.3 Å². The number of benzene rings is 1. The van der Waals surface area contributed by atoms with Crippen molar-refractivity contribution in [1.29, 1.82) is 0 Å². The second-order valence-corrected chi connectivity index (χ2v) is 5.06. The fourth-order valence-corrected chi connectivity index (χ4v) is 1.66. The molecule has 84 valence electrons. The summed E-state index contributed by atoms with van der Waals surface area (Å²) in [5, 5.41) is 0. The number of aryl methyl sites for hydroxylation is 1. The van der Waals surface area contributed by atoms with Crippen molar-refractivity contribution in [3.05, 3.63) is 29.8 Å². The van der Waals surface area contributed by atoms with E-state index in [2.05, 4.69) is 57.0 Å². The summed E-state index contributed by atoms with van der Waals surface area (Å²) in [7, 11) is 2.12. The zero-order valence-electron chi connectivity index (χ0n) is 10.2. The average Bonchev–Trinajstić information content (AvgIpc) is 2.17. The number of rotatable bonds is 4. The highest BCUT2D eigenvalue weighted by atomic mass is 15.1. The molecule has 0 atom stereocenters. The Morgan fingerprint density at radius 1 is 1.33 bits per heavy atom. The Morgan fingerprint density at radius 2 is 2.00 bits per heavy atom. The van der Waals surface area contributed by atoms with Crippen molar-refractivity contribution in [2.45, 2.75) is 20.8 Å². The molecule has 0 saturated carbocycles. The van der Waals surface area contributed by atoms with Crippen molar-refractivity contribution in [1.82, 2.24) is 0 Å². The minimum Gasteiger partial charge on any atom is -0.374 e. The van der Waals surface area contributed by atoms with Crippen molar-refractivity contribution in [2.24, 2.45) is 11.1 Å². The van der Waals surface area contributed by atoms with Crippen molar-refractivity contribution >= 4 is 5.69 Å². The van der Waals surface area contributed by atoms with Gasteiger partial charge in [0.05, 0.1) is 0 Å². The normalized spacial score (nSPS) is 11.5. The smallest absolute Gasteiger partial charge is 0.0366 e. The largest absolute Gasteiger partial charge is 0.374 e. The summed E-state index contributed by atoms with van der Waals surface area (Å²) in [6, 6.07) is 8.55. The molecular formula is C13H22N2. The van der Waals surface area contributed by atoms with Crippen LogP contribution in [0.1, 0.15) is 19.4 Å². The lowest BCUT2D eigenvalue weighted by atomic mass is 9.93. The molecule has 0 radical (unpaired) electrons. The minimum atomic E-state index is 0.165. The first-order valence-electron chi connectivity index (χ1n) is 5.42. The van der Waals surface area contributed by atoms with Crippen molar-refractivity contribution in [3.8, 4) is 0 Å². The molecule has 1 aromatic rings. The third-order valence-corrected chi connectivity index (χ3v) is 2.66. The van der Waals surface area contributed by atoms with E-state index in [9.17, 15) is 0 Å². The predicted octanol–water partition coefficient (Wildman–Crippen LogP) is 2.42. The summed E-state index contributed by atoms with van der Waals surface area (Å²) in [5.41, 5.74) is 8.46. The maximum absolute atomic E-state index is 5.74. The highest BCUT2D eigenvalue weighted by Crippen LogP contribution is 2.20. The maximum atomic E-state index is 5.74. The van der Waals surface area contributed by atoms with E-state index >= 15 is 0 Å². The Hall–Kier alpha value is -1.02. The first-order chi connectivity index (χ1) is 6.94. The lowest BCUT2D eigenvalue weighted by Gasteiger charge is -2.30. The van der Waals surface area contributed by atoms with E-state index in [0.29, 0.717) is 6.54 Å². The lowest BCUT2D eigenvalue weighted by molar-refractivity contribution is 0.385. The van der Waals surface area contributed by atoms with E-state index in [0.717, 1.165) is 6.54 Å². The molecule has 2 heteroatoms. The van der Waals surface area contributed by atoms with Gasteiger partial charge in [-0.1, -0.05) is 26.0 Å². The number of hydrogen-bond donors (Lipinski definition) is 1. The van der Waals surface area contributed by atoms with Gasteiger partial charge in [-0.2, -0.15) is 0 Å². The Kier molecular flexibility index (Phi) is 3.75. The number of anilines is 1. The molecule has 0 aliphatic carbocycles. The molecule has 0 bridgehead atoms. The van der Waals surface area contributed by atoms with Crippen LogP contribution in [0.4, 0.5) is 5.69 Å². The molecule has 0 spiro atoms. The van der Waals surface area contributed by atoms with Gasteiger partial charge in [0, 0.05) is 19.3 Å². The van der Waals surface area contributed by atoms with Crippen LogP contribution in [-0.4, -0.2) is 20.1 Å². The van der Waals surface area contributed by atoms with E-state index in [1.165, 1.54) is 11.3 Å². The summed E-state index contributed by atoms with van der Waals surface area (Å²) in [6.07, 6.45) is 0. The summed E-state index contributed by atoms with van der Waals surface area (Å²) in [6.45, 7) is 8.19. The van der Waals surface area contributed by atoms with Gasteiger partial charge in [0.25, 0.3) is 0 Å². The van der Waals surface area contributed by atoms with Gasteiger partial charge < -0.3 is 10.6 Å². The highest BCUT2D eigenvalue weighted by molar-refractivity contribution is 5.47. The highest BCUT2D eigenvalue weighted by Gasteiger charge is 2.18. The van der Waals surface area contributed by atoms with Crippen LogP contribution in [0.5, 0.6) is 0 Å². The molecule has 0 aliphatic heterocycles. The van der Waals surface area contributed by atoms with Crippen LogP contribution in [0.2, 0.25) is 0 Å². The topological polar surface area (TPSA) is 29.3 Å². The number of hydrogen-bond acceptors (Lipinski definition) is 2. The summed E-state index contributed by atoms with van der Waals surface area (Å²) < 4.78 is 0. The van der Waals surface area contributed by atoms with Crippen LogP contribution >= 0.6 is 0 Å². The first kappa shape index (κ1) is 12.1. The molecule has 2 nitrogen and oxygen atoms in total. The van der Waals surface area contributed by atoms with Gasteiger partial charge in [0.2, 0.25) is 0 Å². The molecular weight excluding hydrogens is 184 g/mol. The third kappa shape index (κ3) is 3.56. The first-order valence-corrected chi connectivity index (χ1v) is 5.42. The lowest BCUT2D eigenvalue weighted by Crippen LogP contribution is -2.36. The average molecular weight is 206 g/mol. The molecule has 1 aromatic carbocycles. The molecule has 0 amide bonds. The van der Waals surface area contributed by atoms with Crippen molar-refractivity contribution in [3.63, 3.8) is 0 Å². The van der Waals surface area contributed by atoms with Gasteiger partial charge in [-0.05, 0) is 36.6 Å². The summed E-state index contributed by atoms with van der Waals surface area (Å²) in [5.74, 6) is 0. The monoisotopic (exact) mass is 206 g/mol. The van der Waals surface area contributed by atoms with E-state index in [1.807, 2.05) is 0 Å². The van der Waals surface area contributed by atoms with Gasteiger partial charge in [0.15, 0.2) is 0 Å². The molecule has 0 heterocycles. The van der Waals surface area contributed by atoms with Crippen LogP contribution < -0.4 is 10.6 Å². The Balaban J connectivity index is 2.73. The van der Waals surface area contributed by atoms with Gasteiger partial charge in [-0.15, -0.1) is 0 Å². The SMILES string of the molecule is Cc1cccc(N(C)CC(C)(C)CN)c1. The van der Waals surface area contributed by atoms with Gasteiger partial charge in [0.1, 0.15) is 0 Å². The minimum absolute atomic E-state index is 0.165. The van der Waals surface area contributed by atoms with E-state index in [1.54, 1.807) is 0 Å². The van der Waals surface area contributed by atoms with E-state index in [-0.39, 0.29) is 5.41 Å². The van der Waals surface area contributed by atoms with Gasteiger partial charge >= 0.3 is 0 Å². The van der Waals surface area contributed by atoms with Gasteiger partial charge in [-0.3, -0.25) is 0 Å². The predicted molar refractivity (Wildman–Crippen MR) is 67.3 cm³/mol. The van der Waals surface area contributed by atoms with E-state index < -0.39 is 0 Å². The molecule has 0 saturated heterocycles. The zero-order chi connectivity index (χ0) is 11.5. The number of nitrogens with zero attached hydrogens (tertiary/aromatic N) is 1. The zero-order valence-corrected chi connectivity index (χ0v) is 10.2. The Labute approximate surface area is 93.1 Å². The van der Waals surface area contributed by atoms with Crippen LogP contribution in [0.25, 0.3) is 0 Å². The molecule has 0 unspecified atom stereocenters. The van der Waals surface area contributed by atoms with Crippen LogP contribution in [0.3, 0.4) is 0 Å². The molecule has 15 heavy (non-hydrogen) atoms. The fourth-order valence-electron chi connectivity index (χ4n) is 1.66. The van der Waals surface area contributed by atoms with Crippen LogP contribution in [-0.2, 0) is 0 Å². The van der Waals surface area contributed by atoms with Crippen molar-refractivity contribution < 1.29 is 0 Å². The molecule has 1 rings (SSSR count). The summed E-state index contributed by atoms with van der Waals surface area (Å²) in [4.78, 5) is 2.26. The van der Waals surface area contributed by atoms with Crippen molar-refractivity contribution in [2.75, 3.05) is 25.0 Å². The fraction of sp³-hybridized carbons (Fsp3) is 0.538. The maximum Gasteiger partial charge on any atom is 0.0366 e. The Bertz CT molecular complexity index is 318. The van der Waals surface area contributed by atoms with Crippen LogP contribution in [0, 0.1) is 12.3 Å². The molecule has 0 aromatic heterocycles. The van der Waals surface area contributed by atoms with E-state index in [4.69, 9.17) is 5.73 Å². The second-order valence-electron chi connectivity index (χ2n) is 5.06. The summed E-state index contributed by atoms with van der Waals surface area (Å²) >= 11 is 0. The third-order valence-electron chi connectivity index (χ3n) is 2.66. The second kappa shape index (κ2) is 4.67. The van der Waals surface area contributed by atoms with Gasteiger partial charge in [-0.25, -0.2) is 0 Å².